The standard InChI is InChI=1S/C18H23N3O4/c1-12(22)13-7-9-14(10-8-13)16-20-15(25-21-16)6-5-11-19-17(23)24-18(2,3)4/h7-10H,5-6,11H2,1-4H3,(H,19,23). The first kappa shape index (κ1) is 18.6. The van der Waals surface area contributed by atoms with Gasteiger partial charge in [0.15, 0.2) is 5.78 Å². The Hall–Kier alpha value is -2.70. The van der Waals surface area contributed by atoms with Crippen molar-refractivity contribution in [2.45, 2.75) is 46.1 Å². The number of ether oxygens (including phenoxy) is 1. The second-order valence-electron chi connectivity index (χ2n) is 6.68. The summed E-state index contributed by atoms with van der Waals surface area (Å²) in [7, 11) is 0. The minimum Gasteiger partial charge on any atom is -0.444 e. The fraction of sp³-hybridized carbons (Fsp3) is 0.444. The van der Waals surface area contributed by atoms with Crippen molar-refractivity contribution in [2.24, 2.45) is 0 Å². The topological polar surface area (TPSA) is 94.3 Å². The molecule has 0 saturated carbocycles. The summed E-state index contributed by atoms with van der Waals surface area (Å²) < 4.78 is 10.4. The number of alkyl carbamates (subject to hydrolysis) is 1. The zero-order valence-electron chi connectivity index (χ0n) is 15.0. The van der Waals surface area contributed by atoms with Crippen molar-refractivity contribution in [3.8, 4) is 11.4 Å². The Kier molecular flexibility index (Phi) is 5.90. The van der Waals surface area contributed by atoms with Gasteiger partial charge in [-0.15, -0.1) is 0 Å². The van der Waals surface area contributed by atoms with Crippen LogP contribution in [0.15, 0.2) is 28.8 Å². The molecule has 0 unspecified atom stereocenters. The van der Waals surface area contributed by atoms with Crippen molar-refractivity contribution in [1.82, 2.24) is 15.5 Å². The first-order chi connectivity index (χ1) is 11.7. The summed E-state index contributed by atoms with van der Waals surface area (Å²) in [5.74, 6) is 0.986. The van der Waals surface area contributed by atoms with Crippen molar-refractivity contribution in [3.05, 3.63) is 35.7 Å². The van der Waals surface area contributed by atoms with Crippen LogP contribution < -0.4 is 5.32 Å². The Morgan fingerprint density at radius 1 is 1.20 bits per heavy atom. The van der Waals surface area contributed by atoms with Gasteiger partial charge in [-0.3, -0.25) is 4.79 Å². The van der Waals surface area contributed by atoms with Crippen LogP contribution in [-0.4, -0.2) is 34.2 Å². The fourth-order valence-corrected chi connectivity index (χ4v) is 2.07. The van der Waals surface area contributed by atoms with Gasteiger partial charge in [0.25, 0.3) is 0 Å². The van der Waals surface area contributed by atoms with Crippen LogP contribution in [0.2, 0.25) is 0 Å². The third kappa shape index (κ3) is 6.02. The molecule has 1 aromatic carbocycles. The summed E-state index contributed by atoms with van der Waals surface area (Å²) in [6, 6.07) is 7.04. The number of nitrogens with one attached hydrogen (secondary N) is 1. The number of carbonyl (C=O) groups excluding carboxylic acids is 2. The van der Waals surface area contributed by atoms with Crippen molar-refractivity contribution >= 4 is 11.9 Å². The molecule has 134 valence electrons. The van der Waals surface area contributed by atoms with Gasteiger partial charge in [0.05, 0.1) is 0 Å². The fourth-order valence-electron chi connectivity index (χ4n) is 2.07. The molecule has 1 aromatic heterocycles. The average molecular weight is 345 g/mol. The molecule has 0 bridgehead atoms. The highest BCUT2D eigenvalue weighted by Crippen LogP contribution is 2.17. The van der Waals surface area contributed by atoms with Gasteiger partial charge in [0, 0.05) is 24.1 Å². The number of hydrogen-bond donors (Lipinski definition) is 1. The molecule has 1 amide bonds. The van der Waals surface area contributed by atoms with Crippen LogP contribution in [0.25, 0.3) is 11.4 Å². The second-order valence-corrected chi connectivity index (χ2v) is 6.68. The molecule has 0 aliphatic carbocycles. The van der Waals surface area contributed by atoms with Crippen molar-refractivity contribution in [3.63, 3.8) is 0 Å². The molecule has 0 saturated heterocycles. The number of ketones is 1. The van der Waals surface area contributed by atoms with Gasteiger partial charge in [-0.05, 0) is 34.1 Å². The predicted molar refractivity (Wildman–Crippen MR) is 92.3 cm³/mol. The minimum absolute atomic E-state index is 0.0119. The Labute approximate surface area is 146 Å². The van der Waals surface area contributed by atoms with Crippen molar-refractivity contribution < 1.29 is 18.8 Å². The van der Waals surface area contributed by atoms with Gasteiger partial charge in [-0.2, -0.15) is 4.98 Å². The normalized spacial score (nSPS) is 11.2. The number of amides is 1. The van der Waals surface area contributed by atoms with E-state index in [9.17, 15) is 9.59 Å². The van der Waals surface area contributed by atoms with E-state index in [-0.39, 0.29) is 5.78 Å². The van der Waals surface area contributed by atoms with E-state index >= 15 is 0 Å². The first-order valence-electron chi connectivity index (χ1n) is 8.15. The number of carbonyl (C=O) groups is 2. The highest BCUT2D eigenvalue weighted by molar-refractivity contribution is 5.94. The highest BCUT2D eigenvalue weighted by atomic mass is 16.6. The number of rotatable bonds is 6. The smallest absolute Gasteiger partial charge is 0.407 e. The Bertz CT molecular complexity index is 730. The Morgan fingerprint density at radius 2 is 1.88 bits per heavy atom. The number of benzene rings is 1. The van der Waals surface area contributed by atoms with Crippen LogP contribution in [0.3, 0.4) is 0 Å². The van der Waals surface area contributed by atoms with Crippen LogP contribution in [-0.2, 0) is 11.2 Å². The molecule has 7 nitrogen and oxygen atoms in total. The average Bonchev–Trinajstić information content (AvgIpc) is 2.99. The zero-order valence-corrected chi connectivity index (χ0v) is 15.0. The third-order valence-electron chi connectivity index (χ3n) is 3.25. The molecular formula is C18H23N3O4. The first-order valence-corrected chi connectivity index (χ1v) is 8.15. The molecule has 0 spiro atoms. The molecule has 0 atom stereocenters. The minimum atomic E-state index is -0.511. The van der Waals surface area contributed by atoms with Crippen LogP contribution >= 0.6 is 0 Å². The van der Waals surface area contributed by atoms with Gasteiger partial charge in [0.1, 0.15) is 5.60 Å². The lowest BCUT2D eigenvalue weighted by molar-refractivity contribution is 0.0526. The third-order valence-corrected chi connectivity index (χ3v) is 3.25. The monoisotopic (exact) mass is 345 g/mol. The molecule has 0 aliphatic rings. The summed E-state index contributed by atoms with van der Waals surface area (Å²) in [5, 5.41) is 6.62. The van der Waals surface area contributed by atoms with Crippen LogP contribution in [0, 0.1) is 0 Å². The van der Waals surface area contributed by atoms with E-state index in [2.05, 4.69) is 15.5 Å². The van der Waals surface area contributed by atoms with E-state index in [1.165, 1.54) is 6.92 Å². The summed E-state index contributed by atoms with van der Waals surface area (Å²) in [5.41, 5.74) is 0.913. The lowest BCUT2D eigenvalue weighted by Crippen LogP contribution is -2.33. The number of aryl methyl sites for hydroxylation is 1. The van der Waals surface area contributed by atoms with E-state index in [0.717, 1.165) is 5.56 Å². The zero-order chi connectivity index (χ0) is 18.4. The molecule has 2 aromatic rings. The number of hydrogen-bond acceptors (Lipinski definition) is 6. The van der Waals surface area contributed by atoms with E-state index in [1.54, 1.807) is 24.3 Å². The van der Waals surface area contributed by atoms with Gasteiger partial charge in [0.2, 0.25) is 11.7 Å². The second kappa shape index (κ2) is 7.92. The van der Waals surface area contributed by atoms with Gasteiger partial charge in [-0.25, -0.2) is 4.79 Å². The number of nitrogens with zero attached hydrogens (tertiary/aromatic N) is 2. The summed E-state index contributed by atoms with van der Waals surface area (Å²) in [6.45, 7) is 7.42. The molecule has 2 rings (SSSR count). The lowest BCUT2D eigenvalue weighted by Gasteiger charge is -2.19. The molecule has 0 aliphatic heterocycles. The van der Waals surface area contributed by atoms with Gasteiger partial charge >= 0.3 is 6.09 Å². The molecule has 25 heavy (non-hydrogen) atoms. The van der Waals surface area contributed by atoms with E-state index in [4.69, 9.17) is 9.26 Å². The van der Waals surface area contributed by atoms with Crippen LogP contribution in [0.5, 0.6) is 0 Å². The summed E-state index contributed by atoms with van der Waals surface area (Å²) in [4.78, 5) is 27.1. The number of aromatic nitrogens is 2. The predicted octanol–water partition coefficient (Wildman–Crippen LogP) is 3.40. The van der Waals surface area contributed by atoms with Gasteiger partial charge in [-0.1, -0.05) is 29.4 Å². The highest BCUT2D eigenvalue weighted by Gasteiger charge is 2.15. The maximum Gasteiger partial charge on any atom is 0.407 e. The number of Topliss-reactive ketones (excluding diaryl/α,β-unsaturated/α-hetero) is 1. The van der Waals surface area contributed by atoms with E-state index in [0.29, 0.717) is 36.7 Å². The van der Waals surface area contributed by atoms with Crippen LogP contribution in [0.4, 0.5) is 4.79 Å². The van der Waals surface area contributed by atoms with E-state index in [1.807, 2.05) is 20.8 Å². The lowest BCUT2D eigenvalue weighted by atomic mass is 10.1. The quantitative estimate of drug-likeness (QED) is 0.637. The Morgan fingerprint density at radius 3 is 2.48 bits per heavy atom. The molecule has 7 heteroatoms. The van der Waals surface area contributed by atoms with Gasteiger partial charge < -0.3 is 14.6 Å². The molecular weight excluding hydrogens is 322 g/mol. The SMILES string of the molecule is CC(=O)c1ccc(-c2noc(CCCNC(=O)OC(C)(C)C)n2)cc1. The van der Waals surface area contributed by atoms with E-state index < -0.39 is 11.7 Å². The Balaban J connectivity index is 1.81. The molecule has 1 N–H and O–H groups in total. The largest absolute Gasteiger partial charge is 0.444 e. The van der Waals surface area contributed by atoms with Crippen LogP contribution in [0.1, 0.15) is 50.4 Å². The van der Waals surface area contributed by atoms with Crippen molar-refractivity contribution in [1.29, 1.82) is 0 Å². The summed E-state index contributed by atoms with van der Waals surface area (Å²) in [6.07, 6.45) is 0.766. The molecule has 1 heterocycles. The maximum atomic E-state index is 11.5. The van der Waals surface area contributed by atoms with Crippen molar-refractivity contribution in [2.75, 3.05) is 6.54 Å². The molecule has 0 radical (unpaired) electrons. The molecule has 0 fully saturated rings. The summed E-state index contributed by atoms with van der Waals surface area (Å²) >= 11 is 0. The maximum absolute atomic E-state index is 11.5.